The quantitative estimate of drug-likeness (QED) is 0.775. The number of rotatable bonds is 5. The van der Waals surface area contributed by atoms with Gasteiger partial charge >= 0.3 is 12.0 Å². The Labute approximate surface area is 159 Å². The molecule has 0 aliphatic carbocycles. The molecule has 0 spiro atoms. The molecule has 146 valence electrons. The number of hydrogen-bond acceptors (Lipinski definition) is 5. The van der Waals surface area contributed by atoms with Gasteiger partial charge in [-0.3, -0.25) is 4.90 Å². The van der Waals surface area contributed by atoms with Crippen molar-refractivity contribution in [1.29, 1.82) is 0 Å². The van der Waals surface area contributed by atoms with Gasteiger partial charge < -0.3 is 20.1 Å². The van der Waals surface area contributed by atoms with Gasteiger partial charge in [0.15, 0.2) is 0 Å². The van der Waals surface area contributed by atoms with Gasteiger partial charge in [-0.15, -0.1) is 0 Å². The van der Waals surface area contributed by atoms with Gasteiger partial charge in [-0.1, -0.05) is 25.0 Å². The molecule has 0 saturated carbocycles. The Balaban J connectivity index is 1.97. The van der Waals surface area contributed by atoms with Gasteiger partial charge in [-0.25, -0.2) is 9.59 Å². The summed E-state index contributed by atoms with van der Waals surface area (Å²) in [5.74, 6) is 0.221. The van der Waals surface area contributed by atoms with Gasteiger partial charge in [0, 0.05) is 12.2 Å². The van der Waals surface area contributed by atoms with E-state index >= 15 is 0 Å². The molecular weight excluding hydrogens is 346 g/mol. The molecule has 7 heteroatoms. The summed E-state index contributed by atoms with van der Waals surface area (Å²) < 4.78 is 10.3. The molecule has 1 aromatic carbocycles. The fourth-order valence-corrected chi connectivity index (χ4v) is 3.68. The van der Waals surface area contributed by atoms with E-state index in [0.29, 0.717) is 23.6 Å². The molecule has 0 unspecified atom stereocenters. The van der Waals surface area contributed by atoms with Gasteiger partial charge in [0.1, 0.15) is 5.75 Å². The zero-order chi connectivity index (χ0) is 19.2. The highest BCUT2D eigenvalue weighted by Crippen LogP contribution is 2.30. The van der Waals surface area contributed by atoms with Crippen LogP contribution >= 0.6 is 0 Å². The highest BCUT2D eigenvalue weighted by atomic mass is 16.5. The number of urea groups is 1. The first-order valence-electron chi connectivity index (χ1n) is 9.37. The normalized spacial score (nSPS) is 21.1. The first kappa shape index (κ1) is 19.2. The molecule has 27 heavy (non-hydrogen) atoms. The van der Waals surface area contributed by atoms with E-state index in [1.54, 1.807) is 7.11 Å². The zero-order valence-electron chi connectivity index (χ0n) is 15.9. The van der Waals surface area contributed by atoms with Crippen LogP contribution in [0, 0.1) is 0 Å². The third-order valence-corrected chi connectivity index (χ3v) is 5.07. The summed E-state index contributed by atoms with van der Waals surface area (Å²) in [6.45, 7) is 2.45. The third kappa shape index (κ3) is 4.60. The molecule has 7 nitrogen and oxygen atoms in total. The Morgan fingerprint density at radius 3 is 2.59 bits per heavy atom. The standard InChI is InChI=1S/C20H27N3O4/c1-26-15-9-7-8-14(12-15)18-17(19(24)27-2)16(21-20(25)22-18)13-23-10-5-3-4-6-11-23/h7-9,12,18H,3-6,10-11,13H2,1-2H3,(H2,21,22,25)/t18-/m0/s1. The predicted octanol–water partition coefficient (Wildman–Crippen LogP) is 2.35. The summed E-state index contributed by atoms with van der Waals surface area (Å²) in [5.41, 5.74) is 1.83. The molecule has 2 aliphatic rings. The summed E-state index contributed by atoms with van der Waals surface area (Å²) in [5, 5.41) is 5.68. The SMILES string of the molecule is COC(=O)C1=C(CN2CCCCCC2)NC(=O)N[C@H]1c1cccc(OC)c1. The molecule has 2 heterocycles. The van der Waals surface area contributed by atoms with Crippen molar-refractivity contribution in [3.05, 3.63) is 41.1 Å². The van der Waals surface area contributed by atoms with Crippen LogP contribution in [0.1, 0.15) is 37.3 Å². The van der Waals surface area contributed by atoms with Crippen LogP contribution < -0.4 is 15.4 Å². The molecule has 2 N–H and O–H groups in total. The highest BCUT2D eigenvalue weighted by molar-refractivity contribution is 5.95. The van der Waals surface area contributed by atoms with Gasteiger partial charge in [0.25, 0.3) is 0 Å². The largest absolute Gasteiger partial charge is 0.497 e. The lowest BCUT2D eigenvalue weighted by Crippen LogP contribution is -2.48. The van der Waals surface area contributed by atoms with Crippen molar-refractivity contribution >= 4 is 12.0 Å². The van der Waals surface area contributed by atoms with Crippen molar-refractivity contribution in [3.63, 3.8) is 0 Å². The lowest BCUT2D eigenvalue weighted by Gasteiger charge is -2.31. The van der Waals surface area contributed by atoms with E-state index in [2.05, 4.69) is 15.5 Å². The number of benzene rings is 1. The first-order valence-corrected chi connectivity index (χ1v) is 9.37. The maximum atomic E-state index is 12.6. The molecule has 2 amide bonds. The smallest absolute Gasteiger partial charge is 0.338 e. The molecule has 0 aromatic heterocycles. The summed E-state index contributed by atoms with van der Waals surface area (Å²) in [6.07, 6.45) is 4.71. The maximum absolute atomic E-state index is 12.6. The van der Waals surface area contributed by atoms with Crippen molar-refractivity contribution in [3.8, 4) is 5.75 Å². The van der Waals surface area contributed by atoms with Crippen molar-refractivity contribution < 1.29 is 19.1 Å². The topological polar surface area (TPSA) is 79.9 Å². The Bertz CT molecular complexity index is 724. The van der Waals surface area contributed by atoms with Crippen LogP contribution in [0.4, 0.5) is 4.79 Å². The van der Waals surface area contributed by atoms with Crippen molar-refractivity contribution in [2.45, 2.75) is 31.7 Å². The number of likely N-dealkylation sites (tertiary alicyclic amines) is 1. The van der Waals surface area contributed by atoms with E-state index in [9.17, 15) is 9.59 Å². The van der Waals surface area contributed by atoms with Crippen LogP contribution in [0.2, 0.25) is 0 Å². The van der Waals surface area contributed by atoms with Crippen molar-refractivity contribution in [1.82, 2.24) is 15.5 Å². The third-order valence-electron chi connectivity index (χ3n) is 5.07. The fraction of sp³-hybridized carbons (Fsp3) is 0.500. The number of nitrogens with one attached hydrogen (secondary N) is 2. The lowest BCUT2D eigenvalue weighted by molar-refractivity contribution is -0.136. The van der Waals surface area contributed by atoms with Crippen molar-refractivity contribution in [2.24, 2.45) is 0 Å². The molecular formula is C20H27N3O4. The second-order valence-electron chi connectivity index (χ2n) is 6.88. The molecule has 3 rings (SSSR count). The number of amides is 2. The number of esters is 1. The second-order valence-corrected chi connectivity index (χ2v) is 6.88. The van der Waals surface area contributed by atoms with Crippen LogP contribution in [0.5, 0.6) is 5.75 Å². The monoisotopic (exact) mass is 373 g/mol. The number of methoxy groups -OCH3 is 2. The van der Waals surface area contributed by atoms with E-state index in [0.717, 1.165) is 31.5 Å². The van der Waals surface area contributed by atoms with Gasteiger partial charge in [0.2, 0.25) is 0 Å². The second kappa shape index (κ2) is 8.90. The van der Waals surface area contributed by atoms with Gasteiger partial charge in [-0.2, -0.15) is 0 Å². The highest BCUT2D eigenvalue weighted by Gasteiger charge is 2.34. The van der Waals surface area contributed by atoms with E-state index in [4.69, 9.17) is 9.47 Å². The molecule has 1 aromatic rings. The number of carbonyl (C=O) groups excluding carboxylic acids is 2. The van der Waals surface area contributed by atoms with E-state index in [1.165, 1.54) is 20.0 Å². The number of ether oxygens (including phenoxy) is 2. The average molecular weight is 373 g/mol. The number of nitrogens with zero attached hydrogens (tertiary/aromatic N) is 1. The lowest BCUT2D eigenvalue weighted by atomic mass is 9.94. The molecule has 0 bridgehead atoms. The minimum absolute atomic E-state index is 0.319. The van der Waals surface area contributed by atoms with Crippen LogP contribution in [0.25, 0.3) is 0 Å². The Hall–Kier alpha value is -2.54. The fourth-order valence-electron chi connectivity index (χ4n) is 3.68. The van der Waals surface area contributed by atoms with Gasteiger partial charge in [-0.05, 0) is 43.6 Å². The van der Waals surface area contributed by atoms with Gasteiger partial charge in [0.05, 0.1) is 25.8 Å². The minimum Gasteiger partial charge on any atom is -0.497 e. The number of carbonyl (C=O) groups is 2. The first-order chi connectivity index (χ1) is 13.1. The summed E-state index contributed by atoms with van der Waals surface area (Å²) >= 11 is 0. The maximum Gasteiger partial charge on any atom is 0.338 e. The molecule has 0 radical (unpaired) electrons. The molecule has 1 fully saturated rings. The van der Waals surface area contributed by atoms with Crippen LogP contribution in [0.3, 0.4) is 0 Å². The minimum atomic E-state index is -0.580. The van der Waals surface area contributed by atoms with Crippen LogP contribution in [-0.4, -0.2) is 50.8 Å². The predicted molar refractivity (Wildman–Crippen MR) is 101 cm³/mol. The summed E-state index contributed by atoms with van der Waals surface area (Å²) in [6, 6.07) is 6.45. The molecule has 1 saturated heterocycles. The Morgan fingerprint density at radius 1 is 1.19 bits per heavy atom. The Morgan fingerprint density at radius 2 is 1.93 bits per heavy atom. The molecule has 1 atom stereocenters. The zero-order valence-corrected chi connectivity index (χ0v) is 15.9. The van der Waals surface area contributed by atoms with Crippen LogP contribution in [-0.2, 0) is 9.53 Å². The van der Waals surface area contributed by atoms with E-state index < -0.39 is 12.0 Å². The molecule has 2 aliphatic heterocycles. The number of hydrogen-bond donors (Lipinski definition) is 2. The van der Waals surface area contributed by atoms with Crippen molar-refractivity contribution in [2.75, 3.05) is 33.9 Å². The summed E-state index contributed by atoms with van der Waals surface area (Å²) in [7, 11) is 2.94. The summed E-state index contributed by atoms with van der Waals surface area (Å²) in [4.78, 5) is 27.2. The average Bonchev–Trinajstić information content (AvgIpc) is 2.95. The van der Waals surface area contributed by atoms with E-state index in [-0.39, 0.29) is 6.03 Å². The van der Waals surface area contributed by atoms with E-state index in [1.807, 2.05) is 24.3 Å². The van der Waals surface area contributed by atoms with Crippen LogP contribution in [0.15, 0.2) is 35.5 Å². The Kier molecular flexibility index (Phi) is 6.34.